The molecule has 0 heterocycles. The zero-order valence-electron chi connectivity index (χ0n) is 11.9. The van der Waals surface area contributed by atoms with Gasteiger partial charge in [0.15, 0.2) is 0 Å². The molecule has 2 aliphatic carbocycles. The number of methoxy groups -OCH3 is 1. The smallest absolute Gasteiger partial charge is 0.121 e. The Morgan fingerprint density at radius 2 is 2.16 bits per heavy atom. The highest BCUT2D eigenvalue weighted by Crippen LogP contribution is 2.51. The fourth-order valence-corrected chi connectivity index (χ4v) is 4.53. The summed E-state index contributed by atoms with van der Waals surface area (Å²) in [5, 5.41) is 0.161. The Morgan fingerprint density at radius 1 is 1.32 bits per heavy atom. The summed E-state index contributed by atoms with van der Waals surface area (Å²) in [4.78, 5) is 0. The molecule has 0 aliphatic heterocycles. The molecule has 1 nitrogen and oxygen atoms in total. The number of rotatable bonds is 4. The molecule has 0 amide bonds. The monoisotopic (exact) mass is 278 g/mol. The SMILES string of the molecule is COc1ccc(C(Cl)CC2CC3CCC2C3)cc1C. The van der Waals surface area contributed by atoms with Crippen LogP contribution in [0.15, 0.2) is 18.2 Å². The summed E-state index contributed by atoms with van der Waals surface area (Å²) in [5.74, 6) is 3.79. The molecule has 1 aromatic carbocycles. The van der Waals surface area contributed by atoms with E-state index in [2.05, 4.69) is 19.1 Å². The first-order valence-corrected chi connectivity index (χ1v) is 7.89. The molecule has 0 N–H and O–H groups in total. The van der Waals surface area contributed by atoms with Gasteiger partial charge in [-0.2, -0.15) is 0 Å². The lowest BCUT2D eigenvalue weighted by Gasteiger charge is -2.24. The quantitative estimate of drug-likeness (QED) is 0.696. The first kappa shape index (κ1) is 13.3. The summed E-state index contributed by atoms with van der Waals surface area (Å²) in [6, 6.07) is 6.35. The minimum atomic E-state index is 0.161. The van der Waals surface area contributed by atoms with Gasteiger partial charge in [-0.3, -0.25) is 0 Å². The van der Waals surface area contributed by atoms with E-state index in [9.17, 15) is 0 Å². The van der Waals surface area contributed by atoms with Gasteiger partial charge >= 0.3 is 0 Å². The fourth-order valence-electron chi connectivity index (χ4n) is 4.16. The molecule has 0 aromatic heterocycles. The maximum atomic E-state index is 6.65. The van der Waals surface area contributed by atoms with E-state index in [-0.39, 0.29) is 5.38 Å². The van der Waals surface area contributed by atoms with Crippen molar-refractivity contribution in [1.29, 1.82) is 0 Å². The number of hydrogen-bond donors (Lipinski definition) is 0. The van der Waals surface area contributed by atoms with Crippen molar-refractivity contribution >= 4 is 11.6 Å². The third-order valence-electron chi connectivity index (χ3n) is 5.17. The Balaban J connectivity index is 1.67. The lowest BCUT2D eigenvalue weighted by atomic mass is 9.84. The lowest BCUT2D eigenvalue weighted by Crippen LogP contribution is -2.12. The molecule has 0 spiro atoms. The van der Waals surface area contributed by atoms with Crippen molar-refractivity contribution in [1.82, 2.24) is 0 Å². The minimum Gasteiger partial charge on any atom is -0.496 e. The second kappa shape index (κ2) is 5.36. The van der Waals surface area contributed by atoms with E-state index in [1.54, 1.807) is 7.11 Å². The van der Waals surface area contributed by atoms with Crippen LogP contribution in [-0.2, 0) is 0 Å². The highest BCUT2D eigenvalue weighted by atomic mass is 35.5. The summed E-state index contributed by atoms with van der Waals surface area (Å²) >= 11 is 6.65. The standard InChI is InChI=1S/C17H23ClO/c1-11-7-14(5-6-17(11)19-2)16(18)10-15-9-12-3-4-13(15)8-12/h5-7,12-13,15-16H,3-4,8-10H2,1-2H3. The largest absolute Gasteiger partial charge is 0.496 e. The van der Waals surface area contributed by atoms with E-state index >= 15 is 0 Å². The summed E-state index contributed by atoms with van der Waals surface area (Å²) in [5.41, 5.74) is 2.43. The number of hydrogen-bond acceptors (Lipinski definition) is 1. The molecule has 4 unspecified atom stereocenters. The molecule has 1 aromatic rings. The fraction of sp³-hybridized carbons (Fsp3) is 0.647. The summed E-state index contributed by atoms with van der Waals surface area (Å²) in [6.07, 6.45) is 6.95. The topological polar surface area (TPSA) is 9.23 Å². The van der Waals surface area contributed by atoms with Crippen LogP contribution in [0, 0.1) is 24.7 Å². The van der Waals surface area contributed by atoms with Gasteiger partial charge in [0.25, 0.3) is 0 Å². The number of aryl methyl sites for hydroxylation is 1. The summed E-state index contributed by atoms with van der Waals surface area (Å²) in [7, 11) is 1.72. The van der Waals surface area contributed by atoms with Crippen LogP contribution in [0.3, 0.4) is 0 Å². The van der Waals surface area contributed by atoms with Gasteiger partial charge in [0, 0.05) is 0 Å². The molecule has 2 fully saturated rings. The molecule has 2 bridgehead atoms. The first-order chi connectivity index (χ1) is 9.17. The van der Waals surface area contributed by atoms with Crippen molar-refractivity contribution in [2.75, 3.05) is 7.11 Å². The van der Waals surface area contributed by atoms with E-state index in [0.717, 1.165) is 29.9 Å². The molecule has 3 rings (SSSR count). The van der Waals surface area contributed by atoms with Gasteiger partial charge in [-0.1, -0.05) is 18.6 Å². The third kappa shape index (κ3) is 2.63. The molecule has 104 valence electrons. The number of alkyl halides is 1. The third-order valence-corrected chi connectivity index (χ3v) is 5.60. The van der Waals surface area contributed by atoms with Crippen LogP contribution >= 0.6 is 11.6 Å². The Kier molecular flexibility index (Phi) is 3.75. The maximum absolute atomic E-state index is 6.65. The van der Waals surface area contributed by atoms with Gasteiger partial charge in [-0.15, -0.1) is 11.6 Å². The summed E-state index contributed by atoms with van der Waals surface area (Å²) in [6.45, 7) is 2.09. The van der Waals surface area contributed by atoms with Crippen molar-refractivity contribution in [3.05, 3.63) is 29.3 Å². The molecule has 0 radical (unpaired) electrons. The van der Waals surface area contributed by atoms with Crippen LogP contribution in [0.25, 0.3) is 0 Å². The maximum Gasteiger partial charge on any atom is 0.121 e. The minimum absolute atomic E-state index is 0.161. The molecule has 2 aliphatic rings. The van der Waals surface area contributed by atoms with Gasteiger partial charge in [-0.05, 0) is 67.6 Å². The van der Waals surface area contributed by atoms with Crippen molar-refractivity contribution in [3.63, 3.8) is 0 Å². The first-order valence-electron chi connectivity index (χ1n) is 7.46. The van der Waals surface area contributed by atoms with E-state index in [1.165, 1.54) is 36.8 Å². The van der Waals surface area contributed by atoms with Crippen LogP contribution in [0.2, 0.25) is 0 Å². The Labute approximate surface area is 121 Å². The highest BCUT2D eigenvalue weighted by Gasteiger charge is 2.40. The number of fused-ring (bicyclic) bond motifs is 2. The molecule has 0 saturated heterocycles. The van der Waals surface area contributed by atoms with Crippen molar-refractivity contribution < 1.29 is 4.74 Å². The normalized spacial score (nSPS) is 30.6. The second-order valence-electron chi connectivity index (χ2n) is 6.37. The van der Waals surface area contributed by atoms with E-state index in [1.807, 2.05) is 6.07 Å². The summed E-state index contributed by atoms with van der Waals surface area (Å²) < 4.78 is 5.31. The number of benzene rings is 1. The van der Waals surface area contributed by atoms with E-state index < -0.39 is 0 Å². The zero-order valence-corrected chi connectivity index (χ0v) is 12.6. The average Bonchev–Trinajstić information content (AvgIpc) is 3.00. The van der Waals surface area contributed by atoms with Crippen LogP contribution in [-0.4, -0.2) is 7.11 Å². The van der Waals surface area contributed by atoms with E-state index in [4.69, 9.17) is 16.3 Å². The molecule has 19 heavy (non-hydrogen) atoms. The zero-order chi connectivity index (χ0) is 13.4. The predicted molar refractivity (Wildman–Crippen MR) is 79.9 cm³/mol. The molecule has 2 heteroatoms. The van der Waals surface area contributed by atoms with Crippen molar-refractivity contribution in [3.8, 4) is 5.75 Å². The van der Waals surface area contributed by atoms with Gasteiger partial charge in [0.05, 0.1) is 12.5 Å². The van der Waals surface area contributed by atoms with Gasteiger partial charge in [0.1, 0.15) is 5.75 Å². The Hall–Kier alpha value is -0.690. The van der Waals surface area contributed by atoms with Crippen LogP contribution < -0.4 is 4.74 Å². The van der Waals surface area contributed by atoms with E-state index in [0.29, 0.717) is 0 Å². The lowest BCUT2D eigenvalue weighted by molar-refractivity contribution is 0.312. The van der Waals surface area contributed by atoms with Crippen LogP contribution in [0.5, 0.6) is 5.75 Å². The van der Waals surface area contributed by atoms with Crippen molar-refractivity contribution in [2.24, 2.45) is 17.8 Å². The number of halogens is 1. The molecular formula is C17H23ClO. The molecule has 2 saturated carbocycles. The van der Waals surface area contributed by atoms with Crippen LogP contribution in [0.1, 0.15) is 48.6 Å². The number of ether oxygens (including phenoxy) is 1. The van der Waals surface area contributed by atoms with Gasteiger partial charge in [-0.25, -0.2) is 0 Å². The average molecular weight is 279 g/mol. The van der Waals surface area contributed by atoms with Gasteiger partial charge in [0.2, 0.25) is 0 Å². The van der Waals surface area contributed by atoms with Crippen LogP contribution in [0.4, 0.5) is 0 Å². The van der Waals surface area contributed by atoms with Crippen molar-refractivity contribution in [2.45, 2.75) is 44.4 Å². The second-order valence-corrected chi connectivity index (χ2v) is 6.89. The van der Waals surface area contributed by atoms with Gasteiger partial charge < -0.3 is 4.74 Å². The highest BCUT2D eigenvalue weighted by molar-refractivity contribution is 6.20. The molecule has 4 atom stereocenters. The predicted octanol–water partition coefficient (Wildman–Crippen LogP) is 5.11. The molecular weight excluding hydrogens is 256 g/mol. The Morgan fingerprint density at radius 3 is 2.74 bits per heavy atom. The Bertz CT molecular complexity index is 457.